The predicted molar refractivity (Wildman–Crippen MR) is 74.9 cm³/mol. The minimum atomic E-state index is -0.970. The van der Waals surface area contributed by atoms with Gasteiger partial charge in [-0.05, 0) is 18.1 Å². The highest BCUT2D eigenvalue weighted by molar-refractivity contribution is 7.23. The Morgan fingerprint density at radius 1 is 1.56 bits per heavy atom. The van der Waals surface area contributed by atoms with Gasteiger partial charge in [-0.1, -0.05) is 6.92 Å². The second-order valence-corrected chi connectivity index (χ2v) is 5.59. The number of ether oxygens (including phenoxy) is 1. The third-order valence-corrected chi connectivity index (χ3v) is 4.96. The van der Waals surface area contributed by atoms with Crippen LogP contribution in [-0.4, -0.2) is 18.2 Å². The van der Waals surface area contributed by atoms with Crippen LogP contribution in [-0.2, 0) is 6.42 Å². The molecule has 2 aromatic rings. The van der Waals surface area contributed by atoms with Gasteiger partial charge in [0.05, 0.1) is 17.7 Å². The van der Waals surface area contributed by atoms with Crippen molar-refractivity contribution in [1.29, 1.82) is 0 Å². The molecule has 0 fully saturated rings. The molecule has 0 aliphatic carbocycles. The molecule has 96 valence electrons. The summed E-state index contributed by atoms with van der Waals surface area (Å²) in [6.45, 7) is 1.97. The average molecular weight is 283 g/mol. The molecule has 0 unspecified atom stereocenters. The number of rotatable bonds is 4. The zero-order valence-corrected chi connectivity index (χ0v) is 11.7. The van der Waals surface area contributed by atoms with Crippen molar-refractivity contribution in [2.24, 2.45) is 0 Å². The fraction of sp³-hybridized carbons (Fsp3) is 0.250. The van der Waals surface area contributed by atoms with Gasteiger partial charge in [-0.25, -0.2) is 4.79 Å². The van der Waals surface area contributed by atoms with Crippen molar-refractivity contribution in [2.75, 3.05) is 12.8 Å². The molecule has 0 saturated carbocycles. The first kappa shape index (κ1) is 12.9. The molecule has 3 N–H and O–H groups in total. The van der Waals surface area contributed by atoms with E-state index in [-0.39, 0.29) is 4.88 Å². The van der Waals surface area contributed by atoms with E-state index < -0.39 is 5.97 Å². The van der Waals surface area contributed by atoms with E-state index in [0.29, 0.717) is 12.1 Å². The molecule has 0 aliphatic rings. The second-order valence-electron chi connectivity index (χ2n) is 3.66. The van der Waals surface area contributed by atoms with E-state index in [1.807, 2.05) is 18.4 Å². The molecule has 2 heterocycles. The van der Waals surface area contributed by atoms with Gasteiger partial charge < -0.3 is 15.6 Å². The summed E-state index contributed by atoms with van der Waals surface area (Å²) in [6.07, 6.45) is 0.713. The van der Waals surface area contributed by atoms with Gasteiger partial charge in [0.15, 0.2) is 0 Å². The number of methoxy groups -OCH3 is 1. The van der Waals surface area contributed by atoms with Gasteiger partial charge in [-0.15, -0.1) is 22.7 Å². The first-order valence-corrected chi connectivity index (χ1v) is 7.05. The Labute approximate surface area is 113 Å². The van der Waals surface area contributed by atoms with Gasteiger partial charge in [0, 0.05) is 10.3 Å². The standard InChI is InChI=1S/C12H13NO3S2/c1-3-7-9(13)11(12(14)15)18-10(7)8-4-6(16-2)5-17-8/h4-5H,3,13H2,1-2H3,(H,14,15). The van der Waals surface area contributed by atoms with Crippen LogP contribution in [0.4, 0.5) is 5.69 Å². The molecule has 2 rings (SSSR count). The first-order valence-electron chi connectivity index (χ1n) is 5.35. The molecule has 0 bridgehead atoms. The highest BCUT2D eigenvalue weighted by Gasteiger charge is 2.21. The van der Waals surface area contributed by atoms with E-state index in [0.717, 1.165) is 21.1 Å². The third kappa shape index (κ3) is 2.09. The van der Waals surface area contributed by atoms with Gasteiger partial charge >= 0.3 is 5.97 Å². The Kier molecular flexibility index (Phi) is 3.58. The summed E-state index contributed by atoms with van der Waals surface area (Å²) in [7, 11) is 1.61. The van der Waals surface area contributed by atoms with Crippen molar-refractivity contribution >= 4 is 34.3 Å². The van der Waals surface area contributed by atoms with Crippen molar-refractivity contribution in [3.05, 3.63) is 21.9 Å². The molecular weight excluding hydrogens is 270 g/mol. The molecule has 0 atom stereocenters. The lowest BCUT2D eigenvalue weighted by Gasteiger charge is -1.99. The fourth-order valence-electron chi connectivity index (χ4n) is 1.73. The summed E-state index contributed by atoms with van der Waals surface area (Å²) in [5.74, 6) is -0.192. The summed E-state index contributed by atoms with van der Waals surface area (Å²) in [6, 6.07) is 1.90. The average Bonchev–Trinajstić information content (AvgIpc) is 2.92. The summed E-state index contributed by atoms with van der Waals surface area (Å²) >= 11 is 2.75. The van der Waals surface area contributed by atoms with E-state index >= 15 is 0 Å². The smallest absolute Gasteiger partial charge is 0.348 e. The Hall–Kier alpha value is -1.53. The maximum Gasteiger partial charge on any atom is 0.348 e. The van der Waals surface area contributed by atoms with Gasteiger partial charge in [0.2, 0.25) is 0 Å². The molecule has 18 heavy (non-hydrogen) atoms. The zero-order chi connectivity index (χ0) is 13.3. The van der Waals surface area contributed by atoms with Crippen molar-refractivity contribution in [1.82, 2.24) is 0 Å². The van der Waals surface area contributed by atoms with Gasteiger partial charge in [-0.3, -0.25) is 0 Å². The van der Waals surface area contributed by atoms with Gasteiger partial charge in [-0.2, -0.15) is 0 Å². The SMILES string of the molecule is CCc1c(-c2cc(OC)cs2)sc(C(=O)O)c1N. The minimum Gasteiger partial charge on any atom is -0.496 e. The lowest BCUT2D eigenvalue weighted by molar-refractivity contribution is 0.0703. The van der Waals surface area contributed by atoms with Crippen LogP contribution in [0.2, 0.25) is 0 Å². The quantitative estimate of drug-likeness (QED) is 0.902. The number of hydrogen-bond donors (Lipinski definition) is 2. The third-order valence-electron chi connectivity index (χ3n) is 2.63. The first-order chi connectivity index (χ1) is 8.58. The molecule has 2 aromatic heterocycles. The van der Waals surface area contributed by atoms with Gasteiger partial charge in [0.25, 0.3) is 0 Å². The Bertz CT molecular complexity index is 586. The van der Waals surface area contributed by atoms with Crippen molar-refractivity contribution in [2.45, 2.75) is 13.3 Å². The maximum atomic E-state index is 11.1. The maximum absolute atomic E-state index is 11.1. The number of nitrogens with two attached hydrogens (primary N) is 1. The summed E-state index contributed by atoms with van der Waals surface area (Å²) in [5.41, 5.74) is 7.19. The number of carbonyl (C=O) groups is 1. The molecule has 0 aliphatic heterocycles. The normalized spacial score (nSPS) is 10.6. The minimum absolute atomic E-state index is 0.217. The number of nitrogen functional groups attached to an aromatic ring is 1. The van der Waals surface area contributed by atoms with Crippen molar-refractivity contribution in [3.63, 3.8) is 0 Å². The van der Waals surface area contributed by atoms with Crippen LogP contribution >= 0.6 is 22.7 Å². The van der Waals surface area contributed by atoms with Crippen LogP contribution in [0.3, 0.4) is 0 Å². The van der Waals surface area contributed by atoms with E-state index in [4.69, 9.17) is 15.6 Å². The number of anilines is 1. The lowest BCUT2D eigenvalue weighted by atomic mass is 10.1. The van der Waals surface area contributed by atoms with Crippen LogP contribution in [0.1, 0.15) is 22.2 Å². The molecule has 0 aromatic carbocycles. The summed E-state index contributed by atoms with van der Waals surface area (Å²) in [5, 5.41) is 11.0. The van der Waals surface area contributed by atoms with E-state index in [2.05, 4.69) is 0 Å². The largest absolute Gasteiger partial charge is 0.496 e. The Morgan fingerprint density at radius 3 is 2.78 bits per heavy atom. The Balaban J connectivity index is 2.56. The second kappa shape index (κ2) is 4.99. The highest BCUT2D eigenvalue weighted by atomic mass is 32.1. The fourth-order valence-corrected chi connectivity index (χ4v) is 3.88. The van der Waals surface area contributed by atoms with Crippen molar-refractivity contribution in [3.8, 4) is 15.5 Å². The molecule has 4 nitrogen and oxygen atoms in total. The van der Waals surface area contributed by atoms with Crippen LogP contribution in [0, 0.1) is 0 Å². The van der Waals surface area contributed by atoms with E-state index in [1.165, 1.54) is 22.7 Å². The van der Waals surface area contributed by atoms with Crippen LogP contribution in [0.5, 0.6) is 5.75 Å². The highest BCUT2D eigenvalue weighted by Crippen LogP contribution is 2.42. The number of thiophene rings is 2. The Morgan fingerprint density at radius 2 is 2.28 bits per heavy atom. The zero-order valence-electron chi connectivity index (χ0n) is 10.0. The number of hydrogen-bond acceptors (Lipinski definition) is 5. The number of carboxylic acids is 1. The van der Waals surface area contributed by atoms with Crippen LogP contribution < -0.4 is 10.5 Å². The van der Waals surface area contributed by atoms with E-state index in [1.54, 1.807) is 7.11 Å². The predicted octanol–water partition coefficient (Wildman–Crippen LogP) is 3.33. The monoisotopic (exact) mass is 283 g/mol. The van der Waals surface area contributed by atoms with Crippen LogP contribution in [0.15, 0.2) is 11.4 Å². The topological polar surface area (TPSA) is 72.5 Å². The number of carboxylic acid groups (broad SMARTS) is 1. The summed E-state index contributed by atoms with van der Waals surface area (Å²) in [4.78, 5) is 13.2. The summed E-state index contributed by atoms with van der Waals surface area (Å²) < 4.78 is 5.14. The van der Waals surface area contributed by atoms with Gasteiger partial charge in [0.1, 0.15) is 10.6 Å². The lowest BCUT2D eigenvalue weighted by Crippen LogP contribution is -1.99. The number of aromatic carboxylic acids is 1. The molecule has 0 spiro atoms. The molecule has 0 saturated heterocycles. The van der Waals surface area contributed by atoms with Crippen molar-refractivity contribution < 1.29 is 14.6 Å². The molecule has 6 heteroatoms. The van der Waals surface area contributed by atoms with E-state index in [9.17, 15) is 4.79 Å². The molecule has 0 radical (unpaired) electrons. The molecule has 0 amide bonds. The molecular formula is C12H13NO3S2. The van der Waals surface area contributed by atoms with Crippen LogP contribution in [0.25, 0.3) is 9.75 Å².